The summed E-state index contributed by atoms with van der Waals surface area (Å²) in [7, 11) is 0. The summed E-state index contributed by atoms with van der Waals surface area (Å²) in [5.74, 6) is -0.190. The summed E-state index contributed by atoms with van der Waals surface area (Å²) in [5, 5.41) is 6.77. The van der Waals surface area contributed by atoms with Gasteiger partial charge in [-0.1, -0.05) is 18.5 Å². The Hall–Kier alpha value is -2.59. The molecule has 34 heavy (non-hydrogen) atoms. The van der Waals surface area contributed by atoms with Gasteiger partial charge >= 0.3 is 6.03 Å². The van der Waals surface area contributed by atoms with Gasteiger partial charge in [0.2, 0.25) is 0 Å². The summed E-state index contributed by atoms with van der Waals surface area (Å²) in [5.41, 5.74) is 4.77. The molecule has 2 aromatic heterocycles. The summed E-state index contributed by atoms with van der Waals surface area (Å²) < 4.78 is 6.87. The van der Waals surface area contributed by atoms with Gasteiger partial charge in [0.25, 0.3) is 5.91 Å². The van der Waals surface area contributed by atoms with Crippen LogP contribution in [0.5, 0.6) is 0 Å². The van der Waals surface area contributed by atoms with Gasteiger partial charge in [0, 0.05) is 35.0 Å². The third-order valence-corrected chi connectivity index (χ3v) is 7.65. The number of nitrogens with zero attached hydrogens (tertiary/aromatic N) is 3. The molecule has 2 fully saturated rings. The van der Waals surface area contributed by atoms with Crippen molar-refractivity contribution in [2.75, 3.05) is 19.7 Å². The van der Waals surface area contributed by atoms with E-state index in [2.05, 4.69) is 27.5 Å². The lowest BCUT2D eigenvalue weighted by atomic mass is 9.94. The fourth-order valence-corrected chi connectivity index (χ4v) is 5.94. The molecule has 2 saturated heterocycles. The molecule has 2 aliphatic heterocycles. The van der Waals surface area contributed by atoms with E-state index >= 15 is 0 Å². The normalized spacial score (nSPS) is 20.9. The van der Waals surface area contributed by atoms with Gasteiger partial charge in [-0.15, -0.1) is 11.3 Å². The first-order valence-electron chi connectivity index (χ1n) is 11.4. The van der Waals surface area contributed by atoms with Gasteiger partial charge < -0.3 is 15.4 Å². The molecule has 2 atom stereocenters. The minimum atomic E-state index is -0.453. The number of hydrogen-bond donors (Lipinski definition) is 2. The van der Waals surface area contributed by atoms with E-state index in [0.717, 1.165) is 57.0 Å². The zero-order chi connectivity index (χ0) is 23.8. The summed E-state index contributed by atoms with van der Waals surface area (Å²) in [6, 6.07) is 5.04. The summed E-state index contributed by atoms with van der Waals surface area (Å²) >= 11 is 7.97. The number of imide groups is 1. The van der Waals surface area contributed by atoms with Crippen LogP contribution in [0.4, 0.5) is 4.79 Å². The molecule has 4 heterocycles. The Morgan fingerprint density at radius 1 is 1.26 bits per heavy atom. The molecule has 3 aromatic rings. The second-order valence-electron chi connectivity index (χ2n) is 8.63. The van der Waals surface area contributed by atoms with Gasteiger partial charge in [-0.25, -0.2) is 14.8 Å². The van der Waals surface area contributed by atoms with E-state index < -0.39 is 6.04 Å². The number of hydrogen-bond acceptors (Lipinski definition) is 7. The van der Waals surface area contributed by atoms with E-state index in [1.54, 1.807) is 6.33 Å². The van der Waals surface area contributed by atoms with Crippen LogP contribution in [-0.4, -0.2) is 58.6 Å². The molecule has 2 N–H and O–H groups in total. The van der Waals surface area contributed by atoms with E-state index in [-0.39, 0.29) is 24.6 Å². The molecule has 10 heteroatoms. The van der Waals surface area contributed by atoms with Gasteiger partial charge in [0.15, 0.2) is 0 Å². The van der Waals surface area contributed by atoms with Crippen molar-refractivity contribution in [1.82, 2.24) is 25.5 Å². The maximum Gasteiger partial charge on any atom is 0.325 e. The number of thiophene rings is 1. The first kappa shape index (κ1) is 23.2. The highest BCUT2D eigenvalue weighted by Crippen LogP contribution is 2.37. The number of carbonyl (C=O) groups is 2. The predicted octanol–water partition coefficient (Wildman–Crippen LogP) is 3.68. The molecular formula is C24H26ClN5O3S. The molecule has 2 unspecified atom stereocenters. The average Bonchev–Trinajstić information content (AvgIpc) is 3.36. The number of amides is 3. The highest BCUT2D eigenvalue weighted by molar-refractivity contribution is 7.19. The second-order valence-corrected chi connectivity index (χ2v) is 10.2. The van der Waals surface area contributed by atoms with Crippen molar-refractivity contribution >= 4 is 45.1 Å². The molecule has 178 valence electrons. The molecule has 0 bridgehead atoms. The fraction of sp³-hybridized carbons (Fsp3) is 0.417. The summed E-state index contributed by atoms with van der Waals surface area (Å²) in [4.78, 5) is 36.1. The van der Waals surface area contributed by atoms with Gasteiger partial charge in [-0.2, -0.15) is 0 Å². The summed E-state index contributed by atoms with van der Waals surface area (Å²) in [6.45, 7) is 6.51. The number of rotatable bonds is 6. The van der Waals surface area contributed by atoms with Crippen LogP contribution in [0.3, 0.4) is 0 Å². The van der Waals surface area contributed by atoms with Crippen molar-refractivity contribution in [1.29, 1.82) is 0 Å². The lowest BCUT2D eigenvalue weighted by molar-refractivity contribution is -0.127. The van der Waals surface area contributed by atoms with Crippen LogP contribution in [0.25, 0.3) is 21.5 Å². The lowest BCUT2D eigenvalue weighted by Crippen LogP contribution is -2.39. The Kier molecular flexibility index (Phi) is 6.52. The predicted molar refractivity (Wildman–Crippen MR) is 132 cm³/mol. The number of aryl methyl sites for hydroxylation is 1. The molecule has 0 aliphatic carbocycles. The molecule has 3 amide bonds. The second kappa shape index (κ2) is 9.58. The van der Waals surface area contributed by atoms with Crippen LogP contribution in [-0.2, 0) is 22.5 Å². The van der Waals surface area contributed by atoms with Crippen molar-refractivity contribution < 1.29 is 14.3 Å². The van der Waals surface area contributed by atoms with E-state index in [4.69, 9.17) is 16.3 Å². The molecule has 0 saturated carbocycles. The Labute approximate surface area is 206 Å². The minimum Gasteiger partial charge on any atom is -0.375 e. The Morgan fingerprint density at radius 2 is 2.12 bits per heavy atom. The van der Waals surface area contributed by atoms with Crippen LogP contribution < -0.4 is 10.6 Å². The molecule has 2 aliphatic rings. The number of urea groups is 1. The quantitative estimate of drug-likeness (QED) is 0.502. The number of aromatic nitrogens is 2. The first-order chi connectivity index (χ1) is 16.4. The van der Waals surface area contributed by atoms with Crippen LogP contribution in [0.15, 0.2) is 24.5 Å². The van der Waals surface area contributed by atoms with Crippen molar-refractivity contribution in [2.24, 2.45) is 0 Å². The molecule has 0 spiro atoms. The van der Waals surface area contributed by atoms with E-state index in [1.165, 1.54) is 16.2 Å². The maximum absolute atomic E-state index is 12.6. The largest absolute Gasteiger partial charge is 0.375 e. The minimum absolute atomic E-state index is 0.0785. The number of ether oxygens (including phenoxy) is 1. The molecule has 1 aromatic carbocycles. The number of benzene rings is 1. The third kappa shape index (κ3) is 4.40. The van der Waals surface area contributed by atoms with E-state index in [0.29, 0.717) is 18.1 Å². The number of halogens is 1. The van der Waals surface area contributed by atoms with Crippen LogP contribution >= 0.6 is 22.9 Å². The van der Waals surface area contributed by atoms with E-state index in [9.17, 15) is 9.59 Å². The highest BCUT2D eigenvalue weighted by Gasteiger charge is 2.37. The smallest absolute Gasteiger partial charge is 0.325 e. The monoisotopic (exact) mass is 499 g/mol. The zero-order valence-electron chi connectivity index (χ0n) is 19.1. The van der Waals surface area contributed by atoms with Crippen molar-refractivity contribution in [2.45, 2.75) is 45.4 Å². The van der Waals surface area contributed by atoms with Gasteiger partial charge in [0.05, 0.1) is 35.2 Å². The molecular weight excluding hydrogens is 474 g/mol. The van der Waals surface area contributed by atoms with Gasteiger partial charge in [-0.3, -0.25) is 9.69 Å². The average molecular weight is 500 g/mol. The zero-order valence-corrected chi connectivity index (χ0v) is 20.6. The number of carbonyl (C=O) groups excluding carboxylic acids is 2. The Balaban J connectivity index is 1.52. The Bertz CT molecular complexity index is 1260. The van der Waals surface area contributed by atoms with Crippen molar-refractivity contribution in [3.05, 3.63) is 45.6 Å². The van der Waals surface area contributed by atoms with Crippen LogP contribution in [0.1, 0.15) is 29.3 Å². The number of fused-ring (bicyclic) bond motifs is 1. The van der Waals surface area contributed by atoms with Gasteiger partial charge in [0.1, 0.15) is 12.4 Å². The summed E-state index contributed by atoms with van der Waals surface area (Å²) in [6.07, 6.45) is 2.94. The van der Waals surface area contributed by atoms with Crippen LogP contribution in [0, 0.1) is 6.92 Å². The maximum atomic E-state index is 12.6. The topological polar surface area (TPSA) is 96.5 Å². The van der Waals surface area contributed by atoms with E-state index in [1.807, 2.05) is 25.1 Å². The van der Waals surface area contributed by atoms with Crippen LogP contribution in [0.2, 0.25) is 5.02 Å². The SMILES string of the molecule is CCC1NC(=O)N(Cc2cc3ncnc(-c4cc(Cl)cc(C)c4CC4CNCCO4)c3s2)C1=O. The highest BCUT2D eigenvalue weighted by atomic mass is 35.5. The standard InChI is InChI=1S/C24H26ClN5O3S/c1-3-19-23(31)30(24(32)29-19)11-16-9-20-22(34-16)21(28-12-27-20)18-7-14(25)6-13(2)17(18)8-15-10-26-4-5-33-15/h6-7,9,12,15,19,26H,3-5,8,10-11H2,1-2H3,(H,29,32). The Morgan fingerprint density at radius 3 is 2.85 bits per heavy atom. The van der Waals surface area contributed by atoms with Crippen molar-refractivity contribution in [3.8, 4) is 11.3 Å². The molecule has 8 nitrogen and oxygen atoms in total. The molecule has 5 rings (SSSR count). The lowest BCUT2D eigenvalue weighted by Gasteiger charge is -2.25. The van der Waals surface area contributed by atoms with Gasteiger partial charge in [-0.05, 0) is 42.7 Å². The third-order valence-electron chi connectivity index (χ3n) is 6.32. The fourth-order valence-electron chi connectivity index (χ4n) is 4.57. The number of morpholine rings is 1. The number of nitrogens with one attached hydrogen (secondary N) is 2. The molecule has 0 radical (unpaired) electrons. The van der Waals surface area contributed by atoms with Crippen molar-refractivity contribution in [3.63, 3.8) is 0 Å². The first-order valence-corrected chi connectivity index (χ1v) is 12.6.